The molecule has 0 aromatic heterocycles. The monoisotopic (exact) mass is 1410 g/mol. The lowest BCUT2D eigenvalue weighted by Gasteiger charge is -2.52. The Morgan fingerprint density at radius 3 is 1.30 bits per heavy atom. The number of aliphatic hydroxyl groups is 24. The first-order valence-electron chi connectivity index (χ1n) is 31.0. The fourth-order valence-electron chi connectivity index (χ4n) is 12.1. The molecule has 8 rings (SSSR count). The summed E-state index contributed by atoms with van der Waals surface area (Å²) in [7, 11) is 0. The van der Waals surface area contributed by atoms with Gasteiger partial charge < -0.3 is 198 Å². The summed E-state index contributed by atoms with van der Waals surface area (Å²) in [6, 6.07) is 0. The lowest BCUT2D eigenvalue weighted by Crippen LogP contribution is -2.71. The average Bonchev–Trinajstić information content (AvgIpc) is 0.760. The Hall–Kier alpha value is -2.29. The number of aliphatic hydroxyl groups excluding tert-OH is 24. The molecule has 0 amide bonds. The molecule has 24 N–H and O–H groups in total. The van der Waals surface area contributed by atoms with Gasteiger partial charge in [0.2, 0.25) is 5.79 Å². The number of rotatable bonds is 29. The zero-order valence-electron chi connectivity index (χ0n) is 51.1. The highest BCUT2D eigenvalue weighted by Gasteiger charge is 2.61. The van der Waals surface area contributed by atoms with Crippen molar-refractivity contribution in [3.8, 4) is 0 Å². The van der Waals surface area contributed by atoms with Gasteiger partial charge in [0.15, 0.2) is 44.0 Å². The summed E-state index contributed by atoms with van der Waals surface area (Å²) in [6.07, 6.45) is -73.2. The summed E-state index contributed by atoms with van der Waals surface area (Å²) in [5.74, 6) is -2.84. The molecule has 558 valence electrons. The molecule has 0 aliphatic carbocycles. The summed E-state index contributed by atoms with van der Waals surface area (Å²) in [5, 5.41) is 265. The van der Waals surface area contributed by atoms with Gasteiger partial charge in [-0.25, -0.2) is 0 Å². The van der Waals surface area contributed by atoms with Crippen LogP contribution in [0.5, 0.6) is 0 Å². The maximum absolute atomic E-state index is 12.3. The van der Waals surface area contributed by atoms with Crippen LogP contribution in [0.4, 0.5) is 0 Å². The first-order valence-corrected chi connectivity index (χ1v) is 31.0. The first kappa shape index (κ1) is 79.4. The predicted octanol–water partition coefficient (Wildman–Crippen LogP) is -14.9. The minimum absolute atomic E-state index is 0.0960. The van der Waals surface area contributed by atoms with E-state index in [1.807, 2.05) is 0 Å². The van der Waals surface area contributed by atoms with Crippen molar-refractivity contribution >= 4 is 0 Å². The van der Waals surface area contributed by atoms with Crippen molar-refractivity contribution in [2.45, 2.75) is 259 Å². The molecule has 8 heterocycles. The van der Waals surface area contributed by atoms with Crippen molar-refractivity contribution in [1.29, 1.82) is 0 Å². The minimum Gasteiger partial charge on any atom is -0.394 e. The topological polar surface area (TPSA) is 682 Å². The number of azide groups is 1. The van der Waals surface area contributed by atoms with Gasteiger partial charge in [0.05, 0.1) is 59.0 Å². The molecule has 38 atom stereocenters. The molecule has 0 spiro atoms. The van der Waals surface area contributed by atoms with E-state index in [2.05, 4.69) is 10.0 Å². The number of hydrogen-bond acceptors (Lipinski definition) is 41. The van der Waals surface area contributed by atoms with Crippen molar-refractivity contribution in [3.05, 3.63) is 10.4 Å². The largest absolute Gasteiger partial charge is 0.394 e. The summed E-state index contributed by atoms with van der Waals surface area (Å²) in [4.78, 5) is 2.70. The Balaban J connectivity index is 1.08. The van der Waals surface area contributed by atoms with Gasteiger partial charge in [0, 0.05) is 24.5 Å². The van der Waals surface area contributed by atoms with Crippen LogP contribution in [0.25, 0.3) is 10.4 Å². The number of unbranched alkanes of at least 4 members (excludes halogenated alkanes) is 2. The van der Waals surface area contributed by atoms with Crippen LogP contribution in [0.15, 0.2) is 5.11 Å². The third-order valence-corrected chi connectivity index (χ3v) is 17.8. The summed E-state index contributed by atoms with van der Waals surface area (Å²) in [5.41, 5.74) is 8.73. The van der Waals surface area contributed by atoms with Gasteiger partial charge >= 0.3 is 0 Å². The first-order chi connectivity index (χ1) is 45.7. The van der Waals surface area contributed by atoms with Crippen LogP contribution < -0.4 is 0 Å². The summed E-state index contributed by atoms with van der Waals surface area (Å²) in [6.45, 7) is -8.92. The Bertz CT molecular complexity index is 2370. The third-order valence-electron chi connectivity index (χ3n) is 17.8. The van der Waals surface area contributed by atoms with Gasteiger partial charge in [0.1, 0.15) is 184 Å². The normalized spacial score (nSPS) is 49.6. The minimum atomic E-state index is -2.84. The van der Waals surface area contributed by atoms with E-state index < -0.39 is 299 Å². The van der Waals surface area contributed by atoms with Gasteiger partial charge in [-0.05, 0) is 18.4 Å². The van der Waals surface area contributed by atoms with Crippen molar-refractivity contribution in [2.75, 3.05) is 72.6 Å². The number of ether oxygens (including phenoxy) is 16. The van der Waals surface area contributed by atoms with Crippen LogP contribution in [0.1, 0.15) is 25.7 Å². The number of nitrogens with zero attached hydrogens (tertiary/aromatic N) is 3. The molecule has 0 saturated carbocycles. The molecule has 38 unspecified atom stereocenters. The van der Waals surface area contributed by atoms with Gasteiger partial charge in [-0.1, -0.05) is 11.5 Å². The summed E-state index contributed by atoms with van der Waals surface area (Å²) >= 11 is 0. The van der Waals surface area contributed by atoms with Crippen molar-refractivity contribution < 1.29 is 198 Å². The highest BCUT2D eigenvalue weighted by Crippen LogP contribution is 2.41. The quantitative estimate of drug-likeness (QED) is 0.0109. The lowest BCUT2D eigenvalue weighted by molar-refractivity contribution is -0.441. The molecule has 8 fully saturated rings. The maximum atomic E-state index is 12.3. The maximum Gasteiger partial charge on any atom is 0.224 e. The van der Waals surface area contributed by atoms with E-state index >= 15 is 0 Å². The van der Waals surface area contributed by atoms with Crippen LogP contribution >= 0.6 is 0 Å². The van der Waals surface area contributed by atoms with Gasteiger partial charge in [-0.2, -0.15) is 0 Å². The van der Waals surface area contributed by atoms with Crippen molar-refractivity contribution in [1.82, 2.24) is 0 Å². The highest BCUT2D eigenvalue weighted by atomic mass is 16.8. The second kappa shape index (κ2) is 35.7. The zero-order chi connectivity index (χ0) is 70.2. The van der Waals surface area contributed by atoms with Crippen LogP contribution in [-0.2, 0) is 75.8 Å². The molecular weight excluding hydrogens is 1320 g/mol. The molecule has 8 aliphatic rings. The molecule has 43 heteroatoms. The van der Waals surface area contributed by atoms with Crippen molar-refractivity contribution in [2.24, 2.45) is 5.11 Å². The third kappa shape index (κ3) is 17.7. The van der Waals surface area contributed by atoms with E-state index in [1.165, 1.54) is 0 Å². The van der Waals surface area contributed by atoms with E-state index in [9.17, 15) is 123 Å². The molecule has 8 aliphatic heterocycles. The van der Waals surface area contributed by atoms with E-state index in [-0.39, 0.29) is 19.6 Å². The highest BCUT2D eigenvalue weighted by molar-refractivity contribution is 5.02. The fourth-order valence-corrected chi connectivity index (χ4v) is 12.1. The van der Waals surface area contributed by atoms with Crippen LogP contribution in [0.2, 0.25) is 0 Å². The Labute approximate surface area is 544 Å². The average molecular weight is 1410 g/mol. The van der Waals surface area contributed by atoms with E-state index in [0.29, 0.717) is 12.8 Å². The van der Waals surface area contributed by atoms with E-state index in [1.54, 1.807) is 0 Å². The molecule has 0 aromatic rings. The van der Waals surface area contributed by atoms with E-state index in [0.717, 1.165) is 0 Å². The van der Waals surface area contributed by atoms with Gasteiger partial charge in [-0.15, -0.1) is 0 Å². The van der Waals surface area contributed by atoms with Crippen LogP contribution in [0, 0.1) is 0 Å². The smallest absolute Gasteiger partial charge is 0.224 e. The van der Waals surface area contributed by atoms with Crippen molar-refractivity contribution in [3.63, 3.8) is 0 Å². The second-order valence-corrected chi connectivity index (χ2v) is 24.3. The molecule has 0 aromatic carbocycles. The Kier molecular flexibility index (Phi) is 29.6. The molecule has 0 radical (unpaired) electrons. The molecule has 8 saturated heterocycles. The Morgan fingerprint density at radius 2 is 0.792 bits per heavy atom. The fraction of sp³-hybridized carbons (Fsp3) is 1.00. The number of hydrogen-bond donors (Lipinski definition) is 24. The molecule has 43 nitrogen and oxygen atoms in total. The second-order valence-electron chi connectivity index (χ2n) is 24.3. The van der Waals surface area contributed by atoms with Gasteiger partial charge in [-0.3, -0.25) is 0 Å². The summed E-state index contributed by atoms with van der Waals surface area (Å²) < 4.78 is 93.5. The standard InChI is InChI=1S/C53H91N3O40/c54-56-55-4-2-1-3-5-81-47-40(78)43(93-52-45(37(75)30(68)22(12-62)89-52)96-53(15-84-17(7-57)33(71)46(53)80)95-25-6-16(63)26(64)18(8-58)85-25)32(70)23(90-47)13-82-48-41(79)42(92-49-38(76)34(72)27(65)19(9-59)86-49)31(69)24(91-48)14-83-51-44(36(74)29(67)21(11-61)88-51)94-50-39(77)35(73)28(66)20(10-60)87-50/h16-52,57-80H,1-15H2. The molecule has 0 bridgehead atoms. The molecule has 96 heavy (non-hydrogen) atoms. The van der Waals surface area contributed by atoms with Gasteiger partial charge in [0.25, 0.3) is 0 Å². The molecular formula is C53H91N3O40. The Morgan fingerprint density at radius 1 is 0.365 bits per heavy atom. The van der Waals surface area contributed by atoms with Crippen LogP contribution in [0.3, 0.4) is 0 Å². The lowest BCUT2D eigenvalue weighted by atomic mass is 9.94. The predicted molar refractivity (Wildman–Crippen MR) is 295 cm³/mol. The van der Waals surface area contributed by atoms with Crippen LogP contribution in [-0.4, -0.2) is 428 Å². The SMILES string of the molecule is [N-]=[N+]=NCCCCCOC1OC(COC2OC(COC3OC(CO)C(O)C(O)C3OC3OC(CO)C(O)C(O)C3O)C(O)C(OC3OC(CO)C(O)C(O)C3O)C2O)C(O)C(OC2OC(CO)C(O)C(O)C2OC2(OC3CC(O)C(O)C(CO)O3)COC(CO)C(O)C2O)C1O. The van der Waals surface area contributed by atoms with E-state index in [4.69, 9.17) is 81.3 Å². The zero-order valence-corrected chi connectivity index (χ0v) is 51.1.